The minimum absolute atomic E-state index is 0.0337. The van der Waals surface area contributed by atoms with Crippen molar-refractivity contribution in [1.29, 1.82) is 0 Å². The van der Waals surface area contributed by atoms with Crippen molar-refractivity contribution < 1.29 is 0 Å². The van der Waals surface area contributed by atoms with E-state index in [-0.39, 0.29) is 39.3 Å². The van der Waals surface area contributed by atoms with Crippen molar-refractivity contribution >= 4 is 51.0 Å². The smallest absolute Gasteiger partial charge is 0.333 e. The fraction of sp³-hybridized carbons (Fsp3) is 0.344. The molecule has 2 nitrogen and oxygen atoms in total. The molecule has 0 bridgehead atoms. The van der Waals surface area contributed by atoms with Gasteiger partial charge in [0.1, 0.15) is 0 Å². The van der Waals surface area contributed by atoms with Crippen molar-refractivity contribution in [1.82, 2.24) is 4.57 Å². The van der Waals surface area contributed by atoms with Gasteiger partial charge < -0.3 is 9.38 Å². The summed E-state index contributed by atoms with van der Waals surface area (Å²) >= 11 is 0. The molecule has 5 aliphatic rings. The molecule has 1 aromatic heterocycles. The molecule has 8 aromatic rings. The minimum atomic E-state index is -0.233. The third-order valence-corrected chi connectivity index (χ3v) is 17.9. The Bertz CT molecular complexity index is 3540. The average Bonchev–Trinajstić information content (AvgIpc) is 3.82. The van der Waals surface area contributed by atoms with Gasteiger partial charge in [0.15, 0.2) is 0 Å². The number of rotatable bonds is 1. The molecule has 13 rings (SSSR count). The van der Waals surface area contributed by atoms with Crippen molar-refractivity contribution in [3.63, 3.8) is 0 Å². The number of aromatic nitrogens is 1. The summed E-state index contributed by atoms with van der Waals surface area (Å²) in [6.07, 6.45) is 2.36. The van der Waals surface area contributed by atoms with Gasteiger partial charge in [-0.1, -0.05) is 170 Å². The summed E-state index contributed by atoms with van der Waals surface area (Å²) in [4.78, 5) is 2.76. The first-order valence-corrected chi connectivity index (χ1v) is 25.2. The molecule has 0 radical (unpaired) electrons. The third-order valence-electron chi connectivity index (χ3n) is 17.9. The number of nitrogens with zero attached hydrogens (tertiary/aromatic N) is 2. The predicted octanol–water partition coefficient (Wildman–Crippen LogP) is 15.6. The lowest BCUT2D eigenvalue weighted by molar-refractivity contribution is 0.332. The summed E-state index contributed by atoms with van der Waals surface area (Å²) in [5, 5.41) is 2.85. The Hall–Kier alpha value is -5.80. The molecule has 0 unspecified atom stereocenters. The van der Waals surface area contributed by atoms with Gasteiger partial charge in [0.2, 0.25) is 0 Å². The first-order valence-electron chi connectivity index (χ1n) is 25.2. The van der Waals surface area contributed by atoms with Crippen LogP contribution in [-0.2, 0) is 32.5 Å². The average molecular weight is 873 g/mol. The molecule has 0 saturated carbocycles. The number of fused-ring (bicyclic) bond motifs is 17. The van der Waals surface area contributed by atoms with Crippen LogP contribution in [0.15, 0.2) is 115 Å². The van der Waals surface area contributed by atoms with Gasteiger partial charge in [-0.25, -0.2) is 0 Å². The lowest BCUT2D eigenvalue weighted by atomic mass is 9.43. The second-order valence-electron chi connectivity index (χ2n) is 25.6. The van der Waals surface area contributed by atoms with Crippen LogP contribution in [0.3, 0.4) is 0 Å². The molecule has 3 heterocycles. The van der Waals surface area contributed by atoms with Gasteiger partial charge in [-0.3, -0.25) is 0 Å². The normalized spacial score (nSPS) is 18.3. The molecular weight excluding hydrogens is 808 g/mol. The van der Waals surface area contributed by atoms with Gasteiger partial charge in [-0.2, -0.15) is 0 Å². The third kappa shape index (κ3) is 5.19. The summed E-state index contributed by atoms with van der Waals surface area (Å²) in [7, 11) is 0. The van der Waals surface area contributed by atoms with E-state index < -0.39 is 0 Å². The molecule has 2 aliphatic heterocycles. The highest BCUT2D eigenvalue weighted by Crippen LogP contribution is 2.61. The van der Waals surface area contributed by atoms with E-state index in [0.717, 1.165) is 0 Å². The molecule has 0 fully saturated rings. The van der Waals surface area contributed by atoms with Crippen molar-refractivity contribution in [2.45, 2.75) is 142 Å². The Morgan fingerprint density at radius 3 is 1.75 bits per heavy atom. The topological polar surface area (TPSA) is 8.17 Å². The number of anilines is 2. The summed E-state index contributed by atoms with van der Waals surface area (Å²) in [6.45, 7) is 33.9. The standard InChI is InChI=1S/C64H65BN2/c1-59(2,3)36-23-26-38(27-24-36)67-50-28-25-37(60(4,5)6)31-42(50)54-53-40-20-16-18-22-45(40)64(13,14)56(53)55-43-32-47-48(62(9,10)30-29-61(47,7)8)35-51(43)66-52-33-41-39-19-15-17-21-44(39)63(11,12)46(41)34-49(52)65(67)57(54)58(55)66/h15-28,31-35H,29-30H2,1-14H3. The van der Waals surface area contributed by atoms with E-state index >= 15 is 0 Å². The lowest BCUT2D eigenvalue weighted by Crippen LogP contribution is -2.61. The highest BCUT2D eigenvalue weighted by molar-refractivity contribution is 6.94. The van der Waals surface area contributed by atoms with Crippen molar-refractivity contribution in [2.24, 2.45) is 0 Å². The molecule has 7 aromatic carbocycles. The van der Waals surface area contributed by atoms with Gasteiger partial charge in [0.25, 0.3) is 0 Å². The molecule has 334 valence electrons. The van der Waals surface area contributed by atoms with Crippen LogP contribution in [0, 0.1) is 0 Å². The first-order chi connectivity index (χ1) is 31.5. The van der Waals surface area contributed by atoms with Crippen molar-refractivity contribution in [2.75, 3.05) is 4.81 Å². The quantitative estimate of drug-likeness (QED) is 0.149. The van der Waals surface area contributed by atoms with Crippen LogP contribution in [-0.4, -0.2) is 11.4 Å². The number of hydrogen-bond donors (Lipinski definition) is 0. The van der Waals surface area contributed by atoms with Crippen LogP contribution in [0.5, 0.6) is 0 Å². The fourth-order valence-corrected chi connectivity index (χ4v) is 14.0. The lowest BCUT2D eigenvalue weighted by Gasteiger charge is -2.44. The van der Waals surface area contributed by atoms with Gasteiger partial charge in [-0.05, 0) is 160 Å². The summed E-state index contributed by atoms with van der Waals surface area (Å²) in [5.74, 6) is 0. The Labute approximate surface area is 399 Å². The molecule has 0 spiro atoms. The van der Waals surface area contributed by atoms with Crippen LogP contribution in [0.1, 0.15) is 154 Å². The largest absolute Gasteiger partial charge is 0.376 e. The second kappa shape index (κ2) is 12.6. The van der Waals surface area contributed by atoms with Crippen molar-refractivity contribution in [3.05, 3.63) is 160 Å². The molecular formula is C64H65BN2. The monoisotopic (exact) mass is 873 g/mol. The van der Waals surface area contributed by atoms with Crippen molar-refractivity contribution in [3.8, 4) is 39.1 Å². The molecule has 0 saturated heterocycles. The summed E-state index contributed by atoms with van der Waals surface area (Å²) in [5.41, 5.74) is 29.1. The summed E-state index contributed by atoms with van der Waals surface area (Å²) < 4.78 is 2.79. The van der Waals surface area contributed by atoms with E-state index in [1.165, 1.54) is 141 Å². The number of benzene rings is 7. The van der Waals surface area contributed by atoms with E-state index in [0.29, 0.717) is 0 Å². The van der Waals surface area contributed by atoms with Gasteiger partial charge in [0, 0.05) is 44.2 Å². The molecule has 3 aliphatic carbocycles. The maximum atomic E-state index is 2.79. The van der Waals surface area contributed by atoms with Gasteiger partial charge in [0.05, 0.1) is 11.0 Å². The highest BCUT2D eigenvalue weighted by atomic mass is 15.1. The van der Waals surface area contributed by atoms with E-state index in [1.54, 1.807) is 0 Å². The van der Waals surface area contributed by atoms with Gasteiger partial charge in [-0.15, -0.1) is 0 Å². The van der Waals surface area contributed by atoms with E-state index in [4.69, 9.17) is 0 Å². The Balaban J connectivity index is 1.29. The zero-order valence-corrected chi connectivity index (χ0v) is 42.4. The predicted molar refractivity (Wildman–Crippen MR) is 288 cm³/mol. The Morgan fingerprint density at radius 2 is 1.09 bits per heavy atom. The van der Waals surface area contributed by atoms with Crippen LogP contribution in [0.4, 0.5) is 11.4 Å². The highest BCUT2D eigenvalue weighted by Gasteiger charge is 2.51. The first kappa shape index (κ1) is 41.4. The van der Waals surface area contributed by atoms with E-state index in [1.807, 2.05) is 0 Å². The minimum Gasteiger partial charge on any atom is -0.376 e. The molecule has 67 heavy (non-hydrogen) atoms. The molecule has 0 atom stereocenters. The van der Waals surface area contributed by atoms with E-state index in [2.05, 4.69) is 222 Å². The number of hydrogen-bond acceptors (Lipinski definition) is 1. The maximum absolute atomic E-state index is 2.79. The Morgan fingerprint density at radius 1 is 0.493 bits per heavy atom. The Kier molecular flexibility index (Phi) is 7.81. The fourth-order valence-electron chi connectivity index (χ4n) is 14.0. The van der Waals surface area contributed by atoms with Crippen LogP contribution in [0.25, 0.3) is 60.9 Å². The molecule has 0 amide bonds. The SMILES string of the molecule is CC(C)(C)c1ccc(N2B3c4cc5c(cc4-n4c6cc7c(cc6c6c8c(c(c3c64)-c3cc(C(C)(C)C)ccc32)-c2ccccc2C8(C)C)C(C)(C)CCC7(C)C)-c2ccccc2C5(C)C)cc1. The van der Waals surface area contributed by atoms with Crippen LogP contribution < -0.4 is 15.7 Å². The molecule has 0 N–H and O–H groups in total. The van der Waals surface area contributed by atoms with Crippen LogP contribution in [0.2, 0.25) is 0 Å². The zero-order valence-electron chi connectivity index (χ0n) is 42.4. The van der Waals surface area contributed by atoms with Gasteiger partial charge >= 0.3 is 6.85 Å². The summed E-state index contributed by atoms with van der Waals surface area (Å²) in [6, 6.07) is 46.4. The van der Waals surface area contributed by atoms with E-state index in [9.17, 15) is 0 Å². The molecule has 3 heteroatoms. The van der Waals surface area contributed by atoms with Crippen LogP contribution >= 0.6 is 0 Å². The zero-order chi connectivity index (χ0) is 46.9. The second-order valence-corrected chi connectivity index (χ2v) is 25.6. The maximum Gasteiger partial charge on any atom is 0.333 e.